The number of primary amides is 1. The summed E-state index contributed by atoms with van der Waals surface area (Å²) in [6.07, 6.45) is 1.81. The number of anilines is 2. The Kier molecular flexibility index (Phi) is 7.31. The van der Waals surface area contributed by atoms with Gasteiger partial charge in [0.25, 0.3) is 5.91 Å². The minimum atomic E-state index is -3.95. The van der Waals surface area contributed by atoms with E-state index in [2.05, 4.69) is 15.3 Å². The number of nitrogens with zero attached hydrogens (tertiary/aromatic N) is 3. The number of aromatic nitrogens is 2. The molecule has 35 heavy (non-hydrogen) atoms. The highest BCUT2D eigenvalue weighted by atomic mass is 32.2. The van der Waals surface area contributed by atoms with Crippen molar-refractivity contribution in [1.82, 2.24) is 9.78 Å². The van der Waals surface area contributed by atoms with Gasteiger partial charge in [0.05, 0.1) is 48.2 Å². The first-order chi connectivity index (χ1) is 16.7. The van der Waals surface area contributed by atoms with Gasteiger partial charge in [-0.15, -0.1) is 0 Å². The first kappa shape index (κ1) is 24.6. The third-order valence-corrected chi connectivity index (χ3v) is 6.31. The van der Waals surface area contributed by atoms with Crippen LogP contribution in [0.2, 0.25) is 0 Å². The normalized spacial score (nSPS) is 14.3. The Morgan fingerprint density at radius 1 is 1.17 bits per heavy atom. The van der Waals surface area contributed by atoms with Crippen LogP contribution in [0.1, 0.15) is 10.4 Å². The van der Waals surface area contributed by atoms with E-state index in [1.54, 1.807) is 4.68 Å². The number of morpholine rings is 1. The van der Waals surface area contributed by atoms with Gasteiger partial charge in [0.15, 0.2) is 0 Å². The Hall–Kier alpha value is -3.52. The van der Waals surface area contributed by atoms with Gasteiger partial charge in [0.2, 0.25) is 15.9 Å². The third-order valence-electron chi connectivity index (χ3n) is 5.40. The maximum atomic E-state index is 13.0. The first-order valence-electron chi connectivity index (χ1n) is 10.8. The molecular weight excluding hydrogens is 476 g/mol. The fourth-order valence-electron chi connectivity index (χ4n) is 3.73. The molecule has 13 heteroatoms. The summed E-state index contributed by atoms with van der Waals surface area (Å²) in [6, 6.07) is 9.25. The van der Waals surface area contributed by atoms with Crippen molar-refractivity contribution in [3.63, 3.8) is 0 Å². The molecule has 0 unspecified atom stereocenters. The van der Waals surface area contributed by atoms with Gasteiger partial charge in [-0.3, -0.25) is 14.3 Å². The van der Waals surface area contributed by atoms with Gasteiger partial charge in [-0.25, -0.2) is 13.6 Å². The smallest absolute Gasteiger partial charge is 0.255 e. The van der Waals surface area contributed by atoms with Crippen molar-refractivity contribution in [2.24, 2.45) is 10.9 Å². The van der Waals surface area contributed by atoms with Crippen molar-refractivity contribution in [2.75, 3.05) is 49.7 Å². The number of hydrogen-bond acceptors (Lipinski definition) is 8. The molecule has 5 N–H and O–H groups in total. The standard InChI is InChI=1S/C22H26N6O6S/c23-21(29)14-34-9-6-28-13-16-11-19(20(12-18(16)26-28)27-4-7-33-8-5-27)25-22(30)15-2-1-3-17(10-15)35(24,31)32/h1-3,10-13H,4-9,14H2,(H2,23,29)(H,25,30)(H2,24,31,32). The Balaban J connectivity index is 1.62. The summed E-state index contributed by atoms with van der Waals surface area (Å²) < 4.78 is 35.7. The number of amides is 2. The lowest BCUT2D eigenvalue weighted by Crippen LogP contribution is -2.36. The highest BCUT2D eigenvalue weighted by molar-refractivity contribution is 7.89. The third kappa shape index (κ3) is 6.14. The molecule has 1 aliphatic rings. The Labute approximate surface area is 201 Å². The number of fused-ring (bicyclic) bond motifs is 1. The molecule has 1 aliphatic heterocycles. The fraction of sp³-hybridized carbons (Fsp3) is 0.318. The van der Waals surface area contributed by atoms with E-state index in [9.17, 15) is 18.0 Å². The maximum Gasteiger partial charge on any atom is 0.255 e. The van der Waals surface area contributed by atoms with E-state index in [1.807, 2.05) is 18.3 Å². The van der Waals surface area contributed by atoms with Crippen molar-refractivity contribution in [2.45, 2.75) is 11.4 Å². The van der Waals surface area contributed by atoms with Crippen LogP contribution < -0.4 is 21.1 Å². The van der Waals surface area contributed by atoms with E-state index in [0.717, 1.165) is 16.6 Å². The van der Waals surface area contributed by atoms with Crippen LogP contribution in [0.5, 0.6) is 0 Å². The number of nitrogens with two attached hydrogens (primary N) is 2. The zero-order valence-corrected chi connectivity index (χ0v) is 19.7. The van der Waals surface area contributed by atoms with Crippen LogP contribution in [0.3, 0.4) is 0 Å². The van der Waals surface area contributed by atoms with Crippen LogP contribution in [0.4, 0.5) is 11.4 Å². The van der Waals surface area contributed by atoms with Crippen LogP contribution in [-0.4, -0.2) is 69.5 Å². The molecule has 186 valence electrons. The first-order valence-corrected chi connectivity index (χ1v) is 12.4. The zero-order valence-electron chi connectivity index (χ0n) is 18.8. The molecule has 4 rings (SSSR count). The van der Waals surface area contributed by atoms with Crippen molar-refractivity contribution in [3.05, 3.63) is 48.2 Å². The largest absolute Gasteiger partial charge is 0.378 e. The molecule has 2 amide bonds. The van der Waals surface area contributed by atoms with Gasteiger partial charge < -0.3 is 25.4 Å². The monoisotopic (exact) mass is 502 g/mol. The number of primary sulfonamides is 1. The number of carbonyl (C=O) groups is 2. The van der Waals surface area contributed by atoms with Gasteiger partial charge in [-0.05, 0) is 30.3 Å². The van der Waals surface area contributed by atoms with Gasteiger partial charge in [-0.1, -0.05) is 6.07 Å². The van der Waals surface area contributed by atoms with Gasteiger partial charge in [0, 0.05) is 30.2 Å². The molecule has 2 aromatic carbocycles. The highest BCUT2D eigenvalue weighted by Crippen LogP contribution is 2.32. The molecule has 0 bridgehead atoms. The van der Waals surface area contributed by atoms with E-state index in [4.69, 9.17) is 20.3 Å². The average Bonchev–Trinajstić information content (AvgIpc) is 3.23. The molecular formula is C22H26N6O6S. The molecule has 0 radical (unpaired) electrons. The Bertz CT molecular complexity index is 1350. The second kappa shape index (κ2) is 10.4. The number of sulfonamides is 1. The van der Waals surface area contributed by atoms with E-state index in [1.165, 1.54) is 24.3 Å². The van der Waals surface area contributed by atoms with Crippen molar-refractivity contribution >= 4 is 44.1 Å². The molecule has 2 heterocycles. The Morgan fingerprint density at radius 3 is 2.66 bits per heavy atom. The molecule has 1 aromatic heterocycles. The van der Waals surface area contributed by atoms with E-state index in [0.29, 0.717) is 38.5 Å². The average molecular weight is 503 g/mol. The lowest BCUT2D eigenvalue weighted by Gasteiger charge is -2.30. The van der Waals surface area contributed by atoms with Crippen LogP contribution in [-0.2, 0) is 30.8 Å². The van der Waals surface area contributed by atoms with E-state index in [-0.39, 0.29) is 23.7 Å². The van der Waals surface area contributed by atoms with Crippen molar-refractivity contribution in [3.8, 4) is 0 Å². The quantitative estimate of drug-likeness (QED) is 0.350. The summed E-state index contributed by atoms with van der Waals surface area (Å²) in [5, 5.41) is 13.5. The zero-order chi connectivity index (χ0) is 25.0. The summed E-state index contributed by atoms with van der Waals surface area (Å²) in [5.74, 6) is -1.02. The number of carbonyl (C=O) groups excluding carboxylic acids is 2. The van der Waals surface area contributed by atoms with Crippen LogP contribution in [0, 0.1) is 0 Å². The predicted molar refractivity (Wildman–Crippen MR) is 129 cm³/mol. The summed E-state index contributed by atoms with van der Waals surface area (Å²) in [5.41, 5.74) is 7.28. The Morgan fingerprint density at radius 2 is 1.94 bits per heavy atom. The van der Waals surface area contributed by atoms with Crippen LogP contribution >= 0.6 is 0 Å². The van der Waals surface area contributed by atoms with Crippen LogP contribution in [0.25, 0.3) is 10.9 Å². The minimum absolute atomic E-state index is 0.145. The van der Waals surface area contributed by atoms with E-state index < -0.39 is 21.8 Å². The summed E-state index contributed by atoms with van der Waals surface area (Å²) in [4.78, 5) is 25.8. The molecule has 0 atom stereocenters. The lowest BCUT2D eigenvalue weighted by atomic mass is 10.1. The molecule has 1 saturated heterocycles. The topological polar surface area (TPSA) is 172 Å². The molecule has 3 aromatic rings. The van der Waals surface area contributed by atoms with Gasteiger partial charge in [-0.2, -0.15) is 5.10 Å². The number of ether oxygens (including phenoxy) is 2. The molecule has 12 nitrogen and oxygen atoms in total. The minimum Gasteiger partial charge on any atom is -0.378 e. The fourth-order valence-corrected chi connectivity index (χ4v) is 4.29. The SMILES string of the molecule is NC(=O)COCCn1cc2cc(NC(=O)c3cccc(S(N)(=O)=O)c3)c(N3CCOCC3)cc2n1. The van der Waals surface area contributed by atoms with Gasteiger partial charge in [0.1, 0.15) is 6.61 Å². The number of nitrogens with one attached hydrogen (secondary N) is 1. The second-order valence-electron chi connectivity index (χ2n) is 7.97. The summed E-state index contributed by atoms with van der Waals surface area (Å²) in [7, 11) is -3.95. The summed E-state index contributed by atoms with van der Waals surface area (Å²) >= 11 is 0. The number of benzene rings is 2. The van der Waals surface area contributed by atoms with Crippen molar-refractivity contribution in [1.29, 1.82) is 0 Å². The predicted octanol–water partition coefficient (Wildman–Crippen LogP) is 0.275. The number of hydrogen-bond donors (Lipinski definition) is 3. The van der Waals surface area contributed by atoms with Gasteiger partial charge >= 0.3 is 0 Å². The second-order valence-corrected chi connectivity index (χ2v) is 9.53. The highest BCUT2D eigenvalue weighted by Gasteiger charge is 2.20. The molecule has 0 saturated carbocycles. The number of rotatable bonds is 9. The molecule has 1 fully saturated rings. The molecule has 0 spiro atoms. The molecule has 0 aliphatic carbocycles. The lowest BCUT2D eigenvalue weighted by molar-refractivity contribution is -0.122. The van der Waals surface area contributed by atoms with Crippen molar-refractivity contribution < 1.29 is 27.5 Å². The van der Waals surface area contributed by atoms with E-state index >= 15 is 0 Å². The van der Waals surface area contributed by atoms with Crippen LogP contribution in [0.15, 0.2) is 47.5 Å². The summed E-state index contributed by atoms with van der Waals surface area (Å²) in [6.45, 7) is 2.88. The maximum absolute atomic E-state index is 13.0.